The maximum atomic E-state index is 14.4. The van der Waals surface area contributed by atoms with Gasteiger partial charge in [0.05, 0.1) is 12.1 Å². The number of aromatic nitrogens is 3. The summed E-state index contributed by atoms with van der Waals surface area (Å²) in [6.07, 6.45) is 6.15. The number of hydrogen-bond acceptors (Lipinski definition) is 6. The molecule has 0 amide bonds. The molecular weight excluding hydrogens is 471 g/mol. The van der Waals surface area contributed by atoms with Crippen LogP contribution in [0, 0.1) is 25.6 Å². The Balaban J connectivity index is 1.21. The van der Waals surface area contributed by atoms with Gasteiger partial charge < -0.3 is 14.9 Å². The summed E-state index contributed by atoms with van der Waals surface area (Å²) in [5, 5.41) is 17.0. The average Bonchev–Trinajstić information content (AvgIpc) is 3.49. The highest BCUT2D eigenvalue weighted by molar-refractivity contribution is 5.75. The van der Waals surface area contributed by atoms with Crippen molar-refractivity contribution in [2.24, 2.45) is 5.92 Å². The van der Waals surface area contributed by atoms with Gasteiger partial charge in [-0.3, -0.25) is 9.78 Å². The third-order valence-electron chi connectivity index (χ3n) is 7.65. The Morgan fingerprint density at radius 2 is 1.89 bits per heavy atom. The van der Waals surface area contributed by atoms with Crippen LogP contribution in [0.5, 0.6) is 0 Å². The van der Waals surface area contributed by atoms with Crippen molar-refractivity contribution in [3.63, 3.8) is 0 Å². The molecular formula is C29H27FN4O3. The second-order valence-corrected chi connectivity index (χ2v) is 10.1. The maximum Gasteiger partial charge on any atom is 0.306 e. The van der Waals surface area contributed by atoms with Crippen molar-refractivity contribution in [1.82, 2.24) is 20.4 Å². The minimum Gasteiger partial charge on any atom is -0.481 e. The Hall–Kier alpha value is -3.91. The van der Waals surface area contributed by atoms with E-state index >= 15 is 0 Å². The number of rotatable bonds is 6. The molecule has 37 heavy (non-hydrogen) atoms. The van der Waals surface area contributed by atoms with E-state index in [4.69, 9.17) is 9.63 Å². The lowest BCUT2D eigenvalue weighted by Gasteiger charge is -2.35. The summed E-state index contributed by atoms with van der Waals surface area (Å²) >= 11 is 0. The van der Waals surface area contributed by atoms with Gasteiger partial charge in [-0.2, -0.15) is 4.98 Å². The fourth-order valence-electron chi connectivity index (χ4n) is 5.72. The molecule has 1 saturated carbocycles. The van der Waals surface area contributed by atoms with Gasteiger partial charge in [0.15, 0.2) is 0 Å². The lowest BCUT2D eigenvalue weighted by molar-refractivity contribution is -0.145. The van der Waals surface area contributed by atoms with Gasteiger partial charge in [-0.25, -0.2) is 4.39 Å². The van der Waals surface area contributed by atoms with Crippen molar-refractivity contribution >= 4 is 5.97 Å². The molecule has 0 bridgehead atoms. The van der Waals surface area contributed by atoms with Gasteiger partial charge >= 0.3 is 5.97 Å². The zero-order chi connectivity index (χ0) is 25.7. The summed E-state index contributed by atoms with van der Waals surface area (Å²) < 4.78 is 20.0. The van der Waals surface area contributed by atoms with Crippen LogP contribution in [0.3, 0.4) is 0 Å². The molecule has 2 heterocycles. The number of aryl methyl sites for hydroxylation is 3. The summed E-state index contributed by atoms with van der Waals surface area (Å²) in [6, 6.07) is 12.3. The first kappa shape index (κ1) is 23.5. The number of benzene rings is 2. The highest BCUT2D eigenvalue weighted by Gasteiger charge is 2.36. The summed E-state index contributed by atoms with van der Waals surface area (Å²) in [5.41, 5.74) is 7.39. The molecule has 0 spiro atoms. The molecule has 7 nitrogen and oxygen atoms in total. The average molecular weight is 499 g/mol. The van der Waals surface area contributed by atoms with E-state index in [0.29, 0.717) is 30.1 Å². The summed E-state index contributed by atoms with van der Waals surface area (Å²) in [4.78, 5) is 19.6. The van der Waals surface area contributed by atoms with Gasteiger partial charge in [0.1, 0.15) is 5.82 Å². The predicted molar refractivity (Wildman–Crippen MR) is 136 cm³/mol. The minimum atomic E-state index is -0.696. The summed E-state index contributed by atoms with van der Waals surface area (Å²) in [6.45, 7) is 3.89. The highest BCUT2D eigenvalue weighted by Crippen LogP contribution is 2.38. The number of aliphatic carboxylic acids is 1. The molecule has 1 fully saturated rings. The van der Waals surface area contributed by atoms with Crippen LogP contribution >= 0.6 is 0 Å². The molecule has 8 heteroatoms. The topological polar surface area (TPSA) is 101 Å². The first-order chi connectivity index (χ1) is 17.9. The molecule has 0 saturated heterocycles. The van der Waals surface area contributed by atoms with Gasteiger partial charge in [0.25, 0.3) is 5.89 Å². The Kier molecular flexibility index (Phi) is 5.83. The monoisotopic (exact) mass is 498 g/mol. The van der Waals surface area contributed by atoms with E-state index in [1.54, 1.807) is 12.3 Å². The number of halogens is 1. The van der Waals surface area contributed by atoms with Crippen LogP contribution in [0.15, 0.2) is 53.3 Å². The first-order valence-corrected chi connectivity index (χ1v) is 12.5. The molecule has 1 unspecified atom stereocenters. The molecule has 2 aliphatic rings. The smallest absolute Gasteiger partial charge is 0.306 e. The fraction of sp³-hybridized carbons (Fsp3) is 0.310. The Labute approximate surface area is 213 Å². The van der Waals surface area contributed by atoms with Crippen molar-refractivity contribution in [2.75, 3.05) is 0 Å². The van der Waals surface area contributed by atoms with Crippen LogP contribution < -0.4 is 5.32 Å². The lowest BCUT2D eigenvalue weighted by Crippen LogP contribution is -2.45. The summed E-state index contributed by atoms with van der Waals surface area (Å²) in [5.74, 6) is -0.322. The number of carbonyl (C=O) groups is 1. The van der Waals surface area contributed by atoms with Crippen LogP contribution in [0.2, 0.25) is 0 Å². The molecule has 2 aromatic heterocycles. The Bertz CT molecular complexity index is 1490. The first-order valence-electron chi connectivity index (χ1n) is 12.5. The van der Waals surface area contributed by atoms with Gasteiger partial charge in [-0.05, 0) is 91.6 Å². The van der Waals surface area contributed by atoms with Crippen molar-refractivity contribution in [3.8, 4) is 34.0 Å². The number of nitrogens with zero attached hydrogens (tertiary/aromatic N) is 3. The molecule has 0 radical (unpaired) electrons. The SMILES string of the molecule is Cc1cc(-c2nc(-c3ccc4c(c3)CCC4NC3CC(C(=O)O)C3)no2)cc(C)c1-c1ccncc1F. The number of fused-ring (bicyclic) bond motifs is 1. The van der Waals surface area contributed by atoms with Gasteiger partial charge in [0, 0.05) is 35.0 Å². The third kappa shape index (κ3) is 4.31. The van der Waals surface area contributed by atoms with Gasteiger partial charge in [-0.1, -0.05) is 17.3 Å². The summed E-state index contributed by atoms with van der Waals surface area (Å²) in [7, 11) is 0. The molecule has 188 valence electrons. The zero-order valence-electron chi connectivity index (χ0n) is 20.7. The zero-order valence-corrected chi connectivity index (χ0v) is 20.7. The van der Waals surface area contributed by atoms with Crippen molar-refractivity contribution in [1.29, 1.82) is 0 Å². The number of nitrogens with one attached hydrogen (secondary N) is 1. The van der Waals surface area contributed by atoms with E-state index in [-0.39, 0.29) is 23.8 Å². The second-order valence-electron chi connectivity index (χ2n) is 10.1. The van der Waals surface area contributed by atoms with Crippen LogP contribution in [0.4, 0.5) is 4.39 Å². The standard InChI is InChI=1S/C29H27FN4O3/c1-15-9-19(10-16(2)26(15)23-7-8-31-14-24(23)30)28-33-27(34-37-28)18-3-5-22-17(11-18)4-6-25(22)32-21-12-20(13-21)29(35)36/h3,5,7-11,14,20-21,25,32H,4,6,12-13H2,1-2H3,(H,35,36). The van der Waals surface area contributed by atoms with Crippen LogP contribution in [0.1, 0.15) is 47.6 Å². The van der Waals surface area contributed by atoms with Crippen LogP contribution in [0.25, 0.3) is 34.0 Å². The molecule has 4 aromatic rings. The van der Waals surface area contributed by atoms with E-state index in [1.165, 1.54) is 17.3 Å². The fourth-order valence-corrected chi connectivity index (χ4v) is 5.72. The van der Waals surface area contributed by atoms with Crippen molar-refractivity contribution in [2.45, 2.75) is 51.6 Å². The Morgan fingerprint density at radius 3 is 2.62 bits per heavy atom. The quantitative estimate of drug-likeness (QED) is 0.354. The molecule has 6 rings (SSSR count). The highest BCUT2D eigenvalue weighted by atomic mass is 19.1. The maximum absolute atomic E-state index is 14.4. The Morgan fingerprint density at radius 1 is 1.11 bits per heavy atom. The third-order valence-corrected chi connectivity index (χ3v) is 7.65. The van der Waals surface area contributed by atoms with E-state index in [1.807, 2.05) is 32.0 Å². The normalized spacial score (nSPS) is 20.5. The molecule has 1 atom stereocenters. The minimum absolute atomic E-state index is 0.214. The van der Waals surface area contributed by atoms with Gasteiger partial charge in [0.2, 0.25) is 5.82 Å². The van der Waals surface area contributed by atoms with E-state index in [0.717, 1.165) is 40.7 Å². The molecule has 0 aliphatic heterocycles. The number of hydrogen-bond donors (Lipinski definition) is 2. The number of carboxylic acid groups (broad SMARTS) is 1. The van der Waals surface area contributed by atoms with Crippen molar-refractivity contribution in [3.05, 3.63) is 76.9 Å². The molecule has 2 aromatic carbocycles. The van der Waals surface area contributed by atoms with E-state index in [9.17, 15) is 9.18 Å². The van der Waals surface area contributed by atoms with Crippen LogP contribution in [-0.2, 0) is 11.2 Å². The lowest BCUT2D eigenvalue weighted by atomic mass is 9.80. The number of carboxylic acids is 1. The van der Waals surface area contributed by atoms with Gasteiger partial charge in [-0.15, -0.1) is 0 Å². The second kappa shape index (κ2) is 9.19. The number of pyridine rings is 1. The molecule has 2 N–H and O–H groups in total. The van der Waals surface area contributed by atoms with E-state index in [2.05, 4.69) is 32.6 Å². The van der Waals surface area contributed by atoms with Crippen LogP contribution in [-0.4, -0.2) is 32.2 Å². The van der Waals surface area contributed by atoms with E-state index < -0.39 is 5.97 Å². The molecule has 2 aliphatic carbocycles. The van der Waals surface area contributed by atoms with Crippen molar-refractivity contribution < 1.29 is 18.8 Å². The predicted octanol–water partition coefficient (Wildman–Crippen LogP) is 5.66. The largest absolute Gasteiger partial charge is 0.481 e.